The Bertz CT molecular complexity index is 1800. The van der Waals surface area contributed by atoms with Crippen LogP contribution >= 0.6 is 11.8 Å². The summed E-state index contributed by atoms with van der Waals surface area (Å²) in [6.07, 6.45) is 0.329. The van der Waals surface area contributed by atoms with Gasteiger partial charge in [-0.1, -0.05) is 47.6 Å². The number of fused-ring (bicyclic) bond motifs is 3. The van der Waals surface area contributed by atoms with Crippen molar-refractivity contribution in [1.82, 2.24) is 4.57 Å². The Kier molecular flexibility index (Phi) is 8.45. The molecule has 0 unspecified atom stereocenters. The maximum atomic E-state index is 13.7. The minimum Gasteiger partial charge on any atom is -0.341 e. The lowest BCUT2D eigenvalue weighted by Crippen LogP contribution is -2.16. The van der Waals surface area contributed by atoms with E-state index in [9.17, 15) is 14.4 Å². The van der Waals surface area contributed by atoms with Crippen molar-refractivity contribution in [3.05, 3.63) is 113 Å². The predicted molar refractivity (Wildman–Crippen MR) is 165 cm³/mol. The van der Waals surface area contributed by atoms with E-state index in [0.717, 1.165) is 38.8 Å². The standard InChI is InChI=1S/C34H30N2O4S/c1-4-36-31-16-14-24(33(38)27-13-9-8-10-22(27)2)20-28(31)29-21-25(15-17-32(29)36)34(39)30(35-40-23(3)37)18-19-41-26-11-6-5-7-12-26/h5-17,20-21H,4,18-19H2,1-3H3/b35-30-. The van der Waals surface area contributed by atoms with Crippen LogP contribution in [0.2, 0.25) is 0 Å². The van der Waals surface area contributed by atoms with Gasteiger partial charge in [0.2, 0.25) is 5.78 Å². The smallest absolute Gasteiger partial charge is 0.331 e. The molecule has 0 amide bonds. The molecule has 7 heteroatoms. The fourth-order valence-corrected chi connectivity index (χ4v) is 5.86. The third-order valence-corrected chi connectivity index (χ3v) is 8.01. The first kappa shape index (κ1) is 28.1. The van der Waals surface area contributed by atoms with E-state index in [4.69, 9.17) is 4.84 Å². The van der Waals surface area contributed by atoms with Gasteiger partial charge in [0.1, 0.15) is 5.71 Å². The number of oxime groups is 1. The Balaban J connectivity index is 1.52. The largest absolute Gasteiger partial charge is 0.341 e. The summed E-state index contributed by atoms with van der Waals surface area (Å²) in [6.45, 7) is 5.98. The summed E-state index contributed by atoms with van der Waals surface area (Å²) in [7, 11) is 0. The molecule has 0 radical (unpaired) electrons. The van der Waals surface area contributed by atoms with Crippen LogP contribution in [0.5, 0.6) is 0 Å². The molecular formula is C34H30N2O4S. The molecule has 206 valence electrons. The van der Waals surface area contributed by atoms with Crippen LogP contribution in [-0.4, -0.2) is 33.6 Å². The number of ketones is 2. The van der Waals surface area contributed by atoms with Crippen LogP contribution in [0.1, 0.15) is 52.1 Å². The van der Waals surface area contributed by atoms with E-state index in [1.165, 1.54) is 6.92 Å². The molecule has 0 aliphatic heterocycles. The van der Waals surface area contributed by atoms with Gasteiger partial charge in [0.05, 0.1) is 0 Å². The summed E-state index contributed by atoms with van der Waals surface area (Å²) in [6, 6.07) is 28.8. The number of hydrogen-bond acceptors (Lipinski definition) is 6. The summed E-state index contributed by atoms with van der Waals surface area (Å²) in [5, 5.41) is 5.70. The van der Waals surface area contributed by atoms with Gasteiger partial charge in [0, 0.05) is 69.0 Å². The van der Waals surface area contributed by atoms with Crippen LogP contribution < -0.4 is 0 Å². The van der Waals surface area contributed by atoms with Crippen molar-refractivity contribution < 1.29 is 19.2 Å². The number of hydrogen-bond donors (Lipinski definition) is 0. The molecule has 0 bridgehead atoms. The van der Waals surface area contributed by atoms with Gasteiger partial charge in [0.15, 0.2) is 5.78 Å². The summed E-state index contributed by atoms with van der Waals surface area (Å²) < 4.78 is 2.17. The van der Waals surface area contributed by atoms with Crippen LogP contribution in [0.4, 0.5) is 0 Å². The molecule has 0 atom stereocenters. The Morgan fingerprint density at radius 3 is 2.12 bits per heavy atom. The Hall–Kier alpha value is -4.49. The van der Waals surface area contributed by atoms with Crippen molar-refractivity contribution in [2.24, 2.45) is 5.16 Å². The Labute approximate surface area is 243 Å². The van der Waals surface area contributed by atoms with Crippen LogP contribution in [0, 0.1) is 6.92 Å². The number of carbonyl (C=O) groups excluding carboxylic acids is 3. The van der Waals surface area contributed by atoms with Crippen molar-refractivity contribution in [2.45, 2.75) is 38.6 Å². The van der Waals surface area contributed by atoms with Gasteiger partial charge < -0.3 is 9.40 Å². The second-order valence-corrected chi connectivity index (χ2v) is 10.9. The van der Waals surface area contributed by atoms with Crippen LogP contribution in [0.3, 0.4) is 0 Å². The van der Waals surface area contributed by atoms with Crippen LogP contribution in [0.15, 0.2) is 101 Å². The lowest BCUT2D eigenvalue weighted by molar-refractivity contribution is -0.140. The molecule has 1 heterocycles. The van der Waals surface area contributed by atoms with Gasteiger partial charge in [-0.2, -0.15) is 0 Å². The van der Waals surface area contributed by atoms with Crippen LogP contribution in [-0.2, 0) is 16.2 Å². The normalized spacial score (nSPS) is 11.6. The van der Waals surface area contributed by atoms with E-state index >= 15 is 0 Å². The van der Waals surface area contributed by atoms with E-state index in [-0.39, 0.29) is 17.3 Å². The number of benzene rings is 4. The molecule has 0 spiro atoms. The molecule has 1 aromatic heterocycles. The number of carbonyl (C=O) groups is 3. The zero-order valence-corrected chi connectivity index (χ0v) is 24.0. The summed E-state index contributed by atoms with van der Waals surface area (Å²) >= 11 is 1.60. The zero-order valence-electron chi connectivity index (χ0n) is 23.2. The van der Waals surface area contributed by atoms with Crippen LogP contribution in [0.25, 0.3) is 21.8 Å². The number of nitrogens with zero attached hydrogens (tertiary/aromatic N) is 2. The number of thioether (sulfide) groups is 1. The molecule has 0 saturated carbocycles. The Morgan fingerprint density at radius 1 is 0.829 bits per heavy atom. The zero-order chi connectivity index (χ0) is 28.9. The summed E-state index contributed by atoms with van der Waals surface area (Å²) in [4.78, 5) is 44.5. The van der Waals surface area contributed by atoms with E-state index in [1.54, 1.807) is 17.8 Å². The third kappa shape index (κ3) is 6.00. The molecule has 6 nitrogen and oxygen atoms in total. The van der Waals surface area contributed by atoms with E-state index < -0.39 is 5.97 Å². The molecule has 41 heavy (non-hydrogen) atoms. The highest BCUT2D eigenvalue weighted by atomic mass is 32.2. The lowest BCUT2D eigenvalue weighted by atomic mass is 9.97. The monoisotopic (exact) mass is 562 g/mol. The number of aromatic nitrogens is 1. The minimum atomic E-state index is -0.585. The second-order valence-electron chi connectivity index (χ2n) is 9.71. The topological polar surface area (TPSA) is 77.7 Å². The fourth-order valence-electron chi connectivity index (χ4n) is 4.98. The first-order valence-electron chi connectivity index (χ1n) is 13.5. The molecule has 0 aliphatic rings. The highest BCUT2D eigenvalue weighted by molar-refractivity contribution is 7.99. The van der Waals surface area contributed by atoms with Gasteiger partial charge in [0.25, 0.3) is 0 Å². The fraction of sp³-hybridized carbons (Fsp3) is 0.176. The van der Waals surface area contributed by atoms with Gasteiger partial charge in [-0.25, -0.2) is 4.79 Å². The number of aryl methyl sites for hydroxylation is 2. The lowest BCUT2D eigenvalue weighted by Gasteiger charge is -2.07. The predicted octanol–water partition coefficient (Wildman–Crippen LogP) is 7.64. The average molecular weight is 563 g/mol. The van der Waals surface area contributed by atoms with E-state index in [1.807, 2.05) is 91.9 Å². The maximum absolute atomic E-state index is 13.7. The average Bonchev–Trinajstić information content (AvgIpc) is 3.31. The molecule has 0 saturated heterocycles. The van der Waals surface area contributed by atoms with E-state index in [2.05, 4.69) is 16.6 Å². The first-order chi connectivity index (χ1) is 19.9. The van der Waals surface area contributed by atoms with Gasteiger partial charge in [-0.15, -0.1) is 11.8 Å². The Morgan fingerprint density at radius 2 is 1.46 bits per heavy atom. The van der Waals surface area contributed by atoms with Crippen molar-refractivity contribution in [2.75, 3.05) is 5.75 Å². The molecule has 0 aliphatic carbocycles. The van der Waals surface area contributed by atoms with E-state index in [0.29, 0.717) is 28.9 Å². The first-order valence-corrected chi connectivity index (χ1v) is 14.5. The SMILES string of the molecule is CCn1c2ccc(C(=O)/C(CCSc3ccccc3)=N\OC(C)=O)cc2c2cc(C(=O)c3ccccc3C)ccc21. The number of rotatable bonds is 10. The second kappa shape index (κ2) is 12.4. The van der Waals surface area contributed by atoms with Gasteiger partial charge >= 0.3 is 5.97 Å². The van der Waals surface area contributed by atoms with Crippen molar-refractivity contribution in [3.8, 4) is 0 Å². The maximum Gasteiger partial charge on any atom is 0.331 e. The van der Waals surface area contributed by atoms with Gasteiger partial charge in [-0.3, -0.25) is 9.59 Å². The minimum absolute atomic E-state index is 0.0404. The summed E-state index contributed by atoms with van der Waals surface area (Å²) in [5.74, 6) is -0.330. The van der Waals surface area contributed by atoms with Gasteiger partial charge in [-0.05, 0) is 67.9 Å². The highest BCUT2D eigenvalue weighted by Crippen LogP contribution is 2.32. The quantitative estimate of drug-likeness (QED) is 0.0575. The third-order valence-electron chi connectivity index (χ3n) is 6.99. The molecule has 0 fully saturated rings. The molecule has 5 rings (SSSR count). The number of Topliss-reactive ketones (excluding diaryl/α,β-unsaturated/α-hetero) is 1. The van der Waals surface area contributed by atoms with Crippen molar-refractivity contribution >= 4 is 56.8 Å². The summed E-state index contributed by atoms with van der Waals surface area (Å²) in [5.41, 5.74) is 4.76. The highest BCUT2D eigenvalue weighted by Gasteiger charge is 2.20. The van der Waals surface area contributed by atoms with Crippen molar-refractivity contribution in [3.63, 3.8) is 0 Å². The van der Waals surface area contributed by atoms with Crippen molar-refractivity contribution in [1.29, 1.82) is 0 Å². The molecule has 4 aromatic carbocycles. The molecule has 5 aromatic rings. The molecular weight excluding hydrogens is 532 g/mol. The molecule has 0 N–H and O–H groups in total.